The minimum atomic E-state index is 0. The Bertz CT molecular complexity index is 381. The number of hydrogen-bond donors (Lipinski definition) is 1. The number of imidazole rings is 1. The molecule has 0 aliphatic carbocycles. The van der Waals surface area contributed by atoms with E-state index in [1.807, 2.05) is 17.1 Å². The molecule has 2 N–H and O–H groups in total. The second kappa shape index (κ2) is 5.53. The molecule has 1 aromatic carbocycles. The second-order valence-corrected chi connectivity index (χ2v) is 3.26. The number of halogens is 1. The number of benzene rings is 1. The zero-order valence-corrected chi connectivity index (χ0v) is 9.15. The third kappa shape index (κ3) is 3.08. The Morgan fingerprint density at radius 1 is 1.13 bits per heavy atom. The molecule has 1 heterocycles. The summed E-state index contributed by atoms with van der Waals surface area (Å²) in [5.74, 6) is 0. The number of nitrogens with two attached hydrogens (primary N) is 1. The average molecular weight is 224 g/mol. The van der Waals surface area contributed by atoms with E-state index in [2.05, 4.69) is 29.2 Å². The fourth-order valence-corrected chi connectivity index (χ4v) is 1.37. The van der Waals surface area contributed by atoms with Gasteiger partial charge in [0.15, 0.2) is 0 Å². The minimum absolute atomic E-state index is 0. The first kappa shape index (κ1) is 11.8. The van der Waals surface area contributed by atoms with Crippen molar-refractivity contribution in [2.45, 2.75) is 13.1 Å². The molecule has 2 aromatic rings. The first-order valence-corrected chi connectivity index (χ1v) is 4.62. The van der Waals surface area contributed by atoms with Gasteiger partial charge in [-0.25, -0.2) is 4.98 Å². The summed E-state index contributed by atoms with van der Waals surface area (Å²) >= 11 is 0. The van der Waals surface area contributed by atoms with E-state index in [1.165, 1.54) is 11.1 Å². The number of hydrogen-bond acceptors (Lipinski definition) is 2. The Morgan fingerprint density at radius 2 is 1.80 bits per heavy atom. The van der Waals surface area contributed by atoms with Gasteiger partial charge < -0.3 is 10.3 Å². The van der Waals surface area contributed by atoms with Crippen molar-refractivity contribution in [3.8, 4) is 0 Å². The van der Waals surface area contributed by atoms with Gasteiger partial charge >= 0.3 is 0 Å². The topological polar surface area (TPSA) is 43.8 Å². The van der Waals surface area contributed by atoms with Crippen LogP contribution < -0.4 is 5.73 Å². The molecule has 0 aliphatic heterocycles. The summed E-state index contributed by atoms with van der Waals surface area (Å²) in [6, 6.07) is 8.32. The lowest BCUT2D eigenvalue weighted by Gasteiger charge is -2.03. The maximum absolute atomic E-state index is 5.52. The predicted octanol–water partition coefficient (Wildman–Crippen LogP) is 1.81. The zero-order valence-electron chi connectivity index (χ0n) is 8.34. The highest BCUT2D eigenvalue weighted by Crippen LogP contribution is 2.05. The molecule has 2 rings (SSSR count). The van der Waals surface area contributed by atoms with E-state index in [1.54, 1.807) is 6.20 Å². The maximum Gasteiger partial charge on any atom is 0.0949 e. The first-order valence-electron chi connectivity index (χ1n) is 4.62. The van der Waals surface area contributed by atoms with Crippen molar-refractivity contribution < 1.29 is 0 Å². The van der Waals surface area contributed by atoms with Crippen molar-refractivity contribution in [3.05, 3.63) is 54.1 Å². The minimum Gasteiger partial charge on any atom is -0.333 e. The van der Waals surface area contributed by atoms with Gasteiger partial charge in [0.25, 0.3) is 0 Å². The highest BCUT2D eigenvalue weighted by molar-refractivity contribution is 5.85. The molecule has 0 radical (unpaired) electrons. The standard InChI is InChI=1S/C11H13N3.ClH/c12-7-10-1-3-11(4-2-10)8-14-6-5-13-9-14;/h1-6,9H,7-8,12H2;1H. The molecule has 0 saturated carbocycles. The molecular weight excluding hydrogens is 210 g/mol. The molecule has 15 heavy (non-hydrogen) atoms. The lowest BCUT2D eigenvalue weighted by atomic mass is 10.1. The van der Waals surface area contributed by atoms with Crippen molar-refractivity contribution >= 4 is 12.4 Å². The van der Waals surface area contributed by atoms with Gasteiger partial charge in [-0.15, -0.1) is 12.4 Å². The molecule has 0 spiro atoms. The van der Waals surface area contributed by atoms with Gasteiger partial charge in [-0.1, -0.05) is 24.3 Å². The fraction of sp³-hybridized carbons (Fsp3) is 0.182. The molecular formula is C11H14ClN3. The van der Waals surface area contributed by atoms with Crippen molar-refractivity contribution in [2.24, 2.45) is 5.73 Å². The van der Waals surface area contributed by atoms with Crippen LogP contribution in [0.5, 0.6) is 0 Å². The molecule has 0 atom stereocenters. The van der Waals surface area contributed by atoms with Gasteiger partial charge in [0.05, 0.1) is 6.33 Å². The lowest BCUT2D eigenvalue weighted by molar-refractivity contribution is 0.796. The number of nitrogens with zero attached hydrogens (tertiary/aromatic N) is 2. The highest BCUT2D eigenvalue weighted by atomic mass is 35.5. The van der Waals surface area contributed by atoms with Gasteiger partial charge in [-0.3, -0.25) is 0 Å². The van der Waals surface area contributed by atoms with Crippen molar-refractivity contribution in [1.29, 1.82) is 0 Å². The third-order valence-corrected chi connectivity index (χ3v) is 2.18. The predicted molar refractivity (Wildman–Crippen MR) is 62.9 cm³/mol. The van der Waals surface area contributed by atoms with Crippen LogP contribution in [0.3, 0.4) is 0 Å². The van der Waals surface area contributed by atoms with E-state index in [0.29, 0.717) is 6.54 Å². The van der Waals surface area contributed by atoms with Crippen molar-refractivity contribution in [1.82, 2.24) is 9.55 Å². The monoisotopic (exact) mass is 223 g/mol. The van der Waals surface area contributed by atoms with Crippen LogP contribution in [0, 0.1) is 0 Å². The van der Waals surface area contributed by atoms with Crippen LogP contribution in [0.15, 0.2) is 43.0 Å². The first-order chi connectivity index (χ1) is 6.88. The van der Waals surface area contributed by atoms with E-state index in [-0.39, 0.29) is 12.4 Å². The van der Waals surface area contributed by atoms with Crippen LogP contribution in [0.1, 0.15) is 11.1 Å². The highest BCUT2D eigenvalue weighted by Gasteiger charge is 1.94. The average Bonchev–Trinajstić information content (AvgIpc) is 2.72. The Balaban J connectivity index is 0.00000112. The van der Waals surface area contributed by atoms with E-state index in [9.17, 15) is 0 Å². The lowest BCUT2D eigenvalue weighted by Crippen LogP contribution is -1.98. The molecule has 0 amide bonds. The van der Waals surface area contributed by atoms with Crippen LogP contribution in [0.25, 0.3) is 0 Å². The summed E-state index contributed by atoms with van der Waals surface area (Å²) in [6.07, 6.45) is 5.56. The maximum atomic E-state index is 5.52. The van der Waals surface area contributed by atoms with Gasteiger partial charge in [0, 0.05) is 25.5 Å². The largest absolute Gasteiger partial charge is 0.333 e. The molecule has 0 bridgehead atoms. The molecule has 0 aliphatic rings. The van der Waals surface area contributed by atoms with Gasteiger partial charge in [-0.2, -0.15) is 0 Å². The second-order valence-electron chi connectivity index (χ2n) is 3.26. The molecule has 3 nitrogen and oxygen atoms in total. The van der Waals surface area contributed by atoms with Crippen LogP contribution in [-0.2, 0) is 13.1 Å². The normalized spacial score (nSPS) is 9.67. The molecule has 0 fully saturated rings. The van der Waals surface area contributed by atoms with E-state index >= 15 is 0 Å². The summed E-state index contributed by atoms with van der Waals surface area (Å²) in [4.78, 5) is 4.00. The van der Waals surface area contributed by atoms with Gasteiger partial charge in [0.1, 0.15) is 0 Å². The Kier molecular flexibility index (Phi) is 4.34. The summed E-state index contributed by atoms with van der Waals surface area (Å²) in [7, 11) is 0. The Morgan fingerprint density at radius 3 is 2.33 bits per heavy atom. The molecule has 80 valence electrons. The summed E-state index contributed by atoms with van der Waals surface area (Å²) in [5, 5.41) is 0. The van der Waals surface area contributed by atoms with Gasteiger partial charge in [-0.05, 0) is 11.1 Å². The quantitative estimate of drug-likeness (QED) is 0.863. The van der Waals surface area contributed by atoms with Crippen molar-refractivity contribution in [2.75, 3.05) is 0 Å². The molecule has 0 saturated heterocycles. The Labute approximate surface area is 95.4 Å². The van der Waals surface area contributed by atoms with Crippen LogP contribution >= 0.6 is 12.4 Å². The molecule has 0 unspecified atom stereocenters. The summed E-state index contributed by atoms with van der Waals surface area (Å²) in [5.41, 5.74) is 7.95. The molecule has 1 aromatic heterocycles. The van der Waals surface area contributed by atoms with E-state index < -0.39 is 0 Å². The van der Waals surface area contributed by atoms with Gasteiger partial charge in [0.2, 0.25) is 0 Å². The van der Waals surface area contributed by atoms with Crippen LogP contribution in [0.2, 0.25) is 0 Å². The Hall–Kier alpha value is -1.32. The third-order valence-electron chi connectivity index (χ3n) is 2.18. The zero-order chi connectivity index (χ0) is 9.80. The summed E-state index contributed by atoms with van der Waals surface area (Å²) < 4.78 is 2.04. The number of aromatic nitrogens is 2. The van der Waals surface area contributed by atoms with Crippen molar-refractivity contribution in [3.63, 3.8) is 0 Å². The molecule has 4 heteroatoms. The van der Waals surface area contributed by atoms with E-state index in [4.69, 9.17) is 5.73 Å². The van der Waals surface area contributed by atoms with Crippen LogP contribution in [-0.4, -0.2) is 9.55 Å². The fourth-order valence-electron chi connectivity index (χ4n) is 1.37. The van der Waals surface area contributed by atoms with E-state index in [0.717, 1.165) is 6.54 Å². The summed E-state index contributed by atoms with van der Waals surface area (Å²) in [6.45, 7) is 1.47. The number of rotatable bonds is 3. The SMILES string of the molecule is Cl.NCc1ccc(Cn2ccnc2)cc1. The van der Waals surface area contributed by atoms with Crippen LogP contribution in [0.4, 0.5) is 0 Å². The smallest absolute Gasteiger partial charge is 0.0949 e.